The molecular weight excluding hydrogens is 388 g/mol. The molecule has 0 radical (unpaired) electrons. The van der Waals surface area contributed by atoms with Crippen molar-refractivity contribution >= 4 is 11.6 Å². The number of hydrogen-bond acceptors (Lipinski definition) is 3. The molecule has 1 saturated carbocycles. The lowest BCUT2D eigenvalue weighted by Gasteiger charge is -2.30. The molecule has 0 bridgehead atoms. The molecule has 0 atom stereocenters. The zero-order valence-corrected chi connectivity index (χ0v) is 15.9. The summed E-state index contributed by atoms with van der Waals surface area (Å²) in [5, 5.41) is 6.03. The molecule has 2 N–H and O–H groups in total. The Morgan fingerprint density at radius 1 is 1.00 bits per heavy atom. The van der Waals surface area contributed by atoms with Gasteiger partial charge in [0.2, 0.25) is 0 Å². The Bertz CT molecular complexity index is 845. The first-order valence-electron chi connectivity index (χ1n) is 9.34. The Kier molecular flexibility index (Phi) is 6.30. The van der Waals surface area contributed by atoms with Crippen LogP contribution in [0.4, 0.5) is 23.2 Å². The maximum absolute atomic E-state index is 13.4. The van der Waals surface area contributed by atoms with E-state index >= 15 is 0 Å². The number of alkyl halides is 3. The van der Waals surface area contributed by atoms with E-state index in [9.17, 15) is 22.4 Å². The molecule has 1 amide bonds. The van der Waals surface area contributed by atoms with Gasteiger partial charge in [0.15, 0.2) is 0 Å². The predicted molar refractivity (Wildman–Crippen MR) is 102 cm³/mol. The van der Waals surface area contributed by atoms with Gasteiger partial charge >= 0.3 is 6.18 Å². The predicted octanol–water partition coefficient (Wildman–Crippen LogP) is 5.01. The van der Waals surface area contributed by atoms with Gasteiger partial charge in [-0.2, -0.15) is 13.2 Å². The third-order valence-corrected chi connectivity index (χ3v) is 5.06. The Hall–Kier alpha value is -2.77. The molecule has 2 aromatic rings. The first kappa shape index (κ1) is 21.0. The van der Waals surface area contributed by atoms with Crippen molar-refractivity contribution in [2.24, 2.45) is 0 Å². The van der Waals surface area contributed by atoms with Crippen molar-refractivity contribution in [3.05, 3.63) is 59.4 Å². The van der Waals surface area contributed by atoms with Gasteiger partial charge in [-0.05, 0) is 68.1 Å². The van der Waals surface area contributed by atoms with E-state index < -0.39 is 17.6 Å². The molecule has 156 valence electrons. The van der Waals surface area contributed by atoms with Gasteiger partial charge < -0.3 is 15.4 Å². The van der Waals surface area contributed by atoms with E-state index in [4.69, 9.17) is 4.74 Å². The third-order valence-electron chi connectivity index (χ3n) is 5.06. The zero-order valence-electron chi connectivity index (χ0n) is 15.9. The summed E-state index contributed by atoms with van der Waals surface area (Å²) in [6.45, 7) is 0. The average Bonchev–Trinajstić information content (AvgIpc) is 2.70. The van der Waals surface area contributed by atoms with Crippen molar-refractivity contribution in [2.75, 3.05) is 12.4 Å². The Labute approximate surface area is 166 Å². The van der Waals surface area contributed by atoms with Gasteiger partial charge in [0.1, 0.15) is 11.6 Å². The fourth-order valence-electron chi connectivity index (χ4n) is 3.46. The van der Waals surface area contributed by atoms with Crippen LogP contribution in [0, 0.1) is 5.82 Å². The lowest BCUT2D eigenvalue weighted by atomic mass is 9.90. The van der Waals surface area contributed by atoms with Crippen LogP contribution in [0.15, 0.2) is 42.5 Å². The number of amides is 1. The summed E-state index contributed by atoms with van der Waals surface area (Å²) in [4.78, 5) is 12.3. The van der Waals surface area contributed by atoms with Crippen LogP contribution in [0.3, 0.4) is 0 Å². The summed E-state index contributed by atoms with van der Waals surface area (Å²) < 4.78 is 57.0. The minimum absolute atomic E-state index is 0.00149. The summed E-state index contributed by atoms with van der Waals surface area (Å²) in [5.41, 5.74) is -0.496. The number of halogens is 4. The molecule has 0 spiro atoms. The van der Waals surface area contributed by atoms with E-state index in [0.29, 0.717) is 37.0 Å². The topological polar surface area (TPSA) is 50.4 Å². The van der Waals surface area contributed by atoms with Crippen molar-refractivity contribution in [3.63, 3.8) is 0 Å². The van der Waals surface area contributed by atoms with E-state index in [2.05, 4.69) is 10.6 Å². The maximum Gasteiger partial charge on any atom is 0.419 e. The SMILES string of the molecule is COc1ccc(C(=O)N[C@H]2CC[C@@H](Nc3ccc(F)c(C(F)(F)F)c3)CC2)cc1. The Morgan fingerprint density at radius 3 is 2.21 bits per heavy atom. The van der Waals surface area contributed by atoms with Crippen molar-refractivity contribution < 1.29 is 27.1 Å². The van der Waals surface area contributed by atoms with E-state index in [-0.39, 0.29) is 23.7 Å². The normalized spacial score (nSPS) is 19.5. The lowest BCUT2D eigenvalue weighted by molar-refractivity contribution is -0.139. The van der Waals surface area contributed by atoms with Gasteiger partial charge in [0.05, 0.1) is 12.7 Å². The second kappa shape index (κ2) is 8.71. The number of anilines is 1. The highest BCUT2D eigenvalue weighted by atomic mass is 19.4. The third kappa shape index (κ3) is 5.40. The number of rotatable bonds is 5. The van der Waals surface area contributed by atoms with Crippen molar-refractivity contribution in [1.82, 2.24) is 5.32 Å². The van der Waals surface area contributed by atoms with Crippen LogP contribution < -0.4 is 15.4 Å². The number of ether oxygens (including phenoxy) is 1. The first-order chi connectivity index (χ1) is 13.8. The molecule has 3 rings (SSSR count). The molecule has 0 saturated heterocycles. The summed E-state index contributed by atoms with van der Waals surface area (Å²) in [6, 6.07) is 9.71. The monoisotopic (exact) mass is 410 g/mol. The van der Waals surface area contributed by atoms with Gasteiger partial charge in [-0.25, -0.2) is 4.39 Å². The quantitative estimate of drug-likeness (QED) is 0.682. The van der Waals surface area contributed by atoms with Crippen LogP contribution >= 0.6 is 0 Å². The molecular formula is C21H22F4N2O2. The highest BCUT2D eigenvalue weighted by Gasteiger charge is 2.34. The molecule has 8 heteroatoms. The van der Waals surface area contributed by atoms with Crippen LogP contribution in [0.1, 0.15) is 41.6 Å². The van der Waals surface area contributed by atoms with Crippen molar-refractivity contribution in [1.29, 1.82) is 0 Å². The Morgan fingerprint density at radius 2 is 1.62 bits per heavy atom. The molecule has 1 aliphatic rings. The second-order valence-electron chi connectivity index (χ2n) is 7.09. The maximum atomic E-state index is 13.4. The van der Waals surface area contributed by atoms with E-state index in [1.807, 2.05) is 0 Å². The molecule has 0 unspecified atom stereocenters. The van der Waals surface area contributed by atoms with Gasteiger partial charge in [-0.1, -0.05) is 0 Å². The number of methoxy groups -OCH3 is 1. The molecule has 1 aliphatic carbocycles. The minimum atomic E-state index is -4.73. The fourth-order valence-corrected chi connectivity index (χ4v) is 3.46. The van der Waals surface area contributed by atoms with Crippen molar-refractivity contribution in [3.8, 4) is 5.75 Å². The largest absolute Gasteiger partial charge is 0.497 e. The summed E-state index contributed by atoms with van der Waals surface area (Å²) >= 11 is 0. The van der Waals surface area contributed by atoms with Crippen LogP contribution in [0.25, 0.3) is 0 Å². The Balaban J connectivity index is 1.52. The molecule has 1 fully saturated rings. The summed E-state index contributed by atoms with van der Waals surface area (Å²) in [7, 11) is 1.55. The van der Waals surface area contributed by atoms with Gasteiger partial charge in [0, 0.05) is 23.3 Å². The van der Waals surface area contributed by atoms with E-state index in [0.717, 1.165) is 12.1 Å². The molecule has 4 nitrogen and oxygen atoms in total. The highest BCUT2D eigenvalue weighted by Crippen LogP contribution is 2.33. The van der Waals surface area contributed by atoms with Gasteiger partial charge in [-0.3, -0.25) is 4.79 Å². The van der Waals surface area contributed by atoms with Gasteiger partial charge in [-0.15, -0.1) is 0 Å². The smallest absolute Gasteiger partial charge is 0.419 e. The molecule has 2 aromatic carbocycles. The number of carbonyl (C=O) groups is 1. The standard InChI is InChI=1S/C21H22F4N2O2/c1-29-17-9-2-13(3-10-17)20(28)27-15-6-4-14(5-7-15)26-16-8-11-19(22)18(12-16)21(23,24)25/h2-3,8-12,14-15,26H,4-7H2,1H3,(H,27,28)/t14-,15+. The van der Waals surface area contributed by atoms with Crippen LogP contribution in [0.5, 0.6) is 5.75 Å². The minimum Gasteiger partial charge on any atom is -0.497 e. The molecule has 0 heterocycles. The summed E-state index contributed by atoms with van der Waals surface area (Å²) in [5.74, 6) is -0.784. The molecule has 29 heavy (non-hydrogen) atoms. The highest BCUT2D eigenvalue weighted by molar-refractivity contribution is 5.94. The first-order valence-corrected chi connectivity index (χ1v) is 9.34. The average molecular weight is 410 g/mol. The summed E-state index contributed by atoms with van der Waals surface area (Å²) in [6.07, 6.45) is -1.95. The molecule has 0 aromatic heterocycles. The lowest BCUT2D eigenvalue weighted by Crippen LogP contribution is -2.40. The van der Waals surface area contributed by atoms with Crippen LogP contribution in [-0.2, 0) is 6.18 Å². The van der Waals surface area contributed by atoms with Crippen molar-refractivity contribution in [2.45, 2.75) is 43.9 Å². The zero-order chi connectivity index (χ0) is 21.0. The second-order valence-corrected chi connectivity index (χ2v) is 7.09. The number of hydrogen-bond donors (Lipinski definition) is 2. The number of carbonyl (C=O) groups excluding carboxylic acids is 1. The van der Waals surface area contributed by atoms with E-state index in [1.165, 1.54) is 6.07 Å². The van der Waals surface area contributed by atoms with Gasteiger partial charge in [0.25, 0.3) is 5.91 Å². The number of benzene rings is 2. The fraction of sp³-hybridized carbons (Fsp3) is 0.381. The molecule has 0 aliphatic heterocycles. The van der Waals surface area contributed by atoms with Crippen LogP contribution in [0.2, 0.25) is 0 Å². The number of nitrogens with one attached hydrogen (secondary N) is 2. The van der Waals surface area contributed by atoms with Crippen LogP contribution in [-0.4, -0.2) is 25.1 Å². The van der Waals surface area contributed by atoms with E-state index in [1.54, 1.807) is 31.4 Å².